The van der Waals surface area contributed by atoms with E-state index in [2.05, 4.69) is 0 Å². The SMILES string of the molecule is O=C([O-])C1CCN(C(=O)CCN2C(=O)[C@@H]3Cc4ccccc4CN3C2=O)CC1. The Kier molecular flexibility index (Phi) is 4.78. The van der Waals surface area contributed by atoms with Crippen molar-refractivity contribution in [2.24, 2.45) is 5.92 Å². The lowest BCUT2D eigenvalue weighted by Crippen LogP contribution is -2.44. The lowest BCUT2D eigenvalue weighted by Gasteiger charge is -2.32. The van der Waals surface area contributed by atoms with Crippen LogP contribution in [0.2, 0.25) is 0 Å². The first-order chi connectivity index (χ1) is 13.5. The summed E-state index contributed by atoms with van der Waals surface area (Å²) in [6.45, 7) is 1.19. The Morgan fingerprint density at radius 1 is 1.07 bits per heavy atom. The van der Waals surface area contributed by atoms with E-state index in [1.807, 2.05) is 24.3 Å². The maximum absolute atomic E-state index is 12.7. The molecule has 1 aromatic rings. The van der Waals surface area contributed by atoms with E-state index in [9.17, 15) is 24.3 Å². The zero-order chi connectivity index (χ0) is 19.8. The number of aliphatic carboxylic acids is 1. The fourth-order valence-corrected chi connectivity index (χ4v) is 4.31. The summed E-state index contributed by atoms with van der Waals surface area (Å²) in [5.41, 5.74) is 2.13. The summed E-state index contributed by atoms with van der Waals surface area (Å²) in [6, 6.07) is 6.96. The minimum Gasteiger partial charge on any atom is -0.550 e. The number of imide groups is 1. The number of piperidine rings is 1. The minimum absolute atomic E-state index is 0.0558. The molecule has 3 heterocycles. The second-order valence-electron chi connectivity index (χ2n) is 7.61. The summed E-state index contributed by atoms with van der Waals surface area (Å²) < 4.78 is 0. The molecule has 8 heteroatoms. The maximum Gasteiger partial charge on any atom is 0.327 e. The highest BCUT2D eigenvalue weighted by atomic mass is 16.4. The molecule has 0 aliphatic carbocycles. The molecule has 0 spiro atoms. The molecule has 2 fully saturated rings. The monoisotopic (exact) mass is 384 g/mol. The molecule has 0 bridgehead atoms. The predicted octanol–water partition coefficient (Wildman–Crippen LogP) is -0.246. The van der Waals surface area contributed by atoms with Crippen LogP contribution in [-0.2, 0) is 27.3 Å². The number of benzene rings is 1. The highest BCUT2D eigenvalue weighted by molar-refractivity contribution is 6.04. The molecule has 3 aliphatic heterocycles. The van der Waals surface area contributed by atoms with Gasteiger partial charge in [-0.3, -0.25) is 14.5 Å². The molecular weight excluding hydrogens is 362 g/mol. The lowest BCUT2D eigenvalue weighted by molar-refractivity contribution is -0.312. The largest absolute Gasteiger partial charge is 0.550 e. The number of hydrogen-bond donors (Lipinski definition) is 0. The van der Waals surface area contributed by atoms with E-state index in [0.717, 1.165) is 11.1 Å². The summed E-state index contributed by atoms with van der Waals surface area (Å²) in [5.74, 6) is -1.99. The van der Waals surface area contributed by atoms with E-state index < -0.39 is 17.9 Å². The predicted molar refractivity (Wildman–Crippen MR) is 95.5 cm³/mol. The van der Waals surface area contributed by atoms with Crippen LogP contribution in [0, 0.1) is 5.92 Å². The van der Waals surface area contributed by atoms with Crippen LogP contribution in [0.5, 0.6) is 0 Å². The van der Waals surface area contributed by atoms with Crippen molar-refractivity contribution < 1.29 is 24.3 Å². The van der Waals surface area contributed by atoms with Gasteiger partial charge in [-0.2, -0.15) is 0 Å². The molecule has 0 radical (unpaired) electrons. The van der Waals surface area contributed by atoms with Crippen LogP contribution in [0.3, 0.4) is 0 Å². The van der Waals surface area contributed by atoms with E-state index in [1.54, 1.807) is 9.80 Å². The standard InChI is InChI=1S/C20H23N3O5/c24-17(21-8-5-13(6-9-21)19(26)27)7-10-22-18(25)16-11-14-3-1-2-4-15(14)12-23(16)20(22)28/h1-4,13,16H,5-12H2,(H,26,27)/p-1/t16-/m0/s1. The fraction of sp³-hybridized carbons (Fsp3) is 0.500. The van der Waals surface area contributed by atoms with Gasteiger partial charge in [0.25, 0.3) is 5.91 Å². The Balaban J connectivity index is 1.35. The lowest BCUT2D eigenvalue weighted by atomic mass is 9.95. The Hall–Kier alpha value is -2.90. The quantitative estimate of drug-likeness (QED) is 0.667. The number of likely N-dealkylation sites (tertiary alicyclic amines) is 1. The van der Waals surface area contributed by atoms with Crippen molar-refractivity contribution in [1.82, 2.24) is 14.7 Å². The second kappa shape index (κ2) is 7.26. The van der Waals surface area contributed by atoms with Gasteiger partial charge in [-0.25, -0.2) is 4.79 Å². The molecule has 0 N–H and O–H groups in total. The molecule has 2 saturated heterocycles. The van der Waals surface area contributed by atoms with Gasteiger partial charge in [0.15, 0.2) is 0 Å². The number of hydrogen-bond acceptors (Lipinski definition) is 5. The zero-order valence-electron chi connectivity index (χ0n) is 15.5. The summed E-state index contributed by atoms with van der Waals surface area (Å²) in [5, 5.41) is 10.9. The summed E-state index contributed by atoms with van der Waals surface area (Å²) in [6.07, 6.45) is 1.32. The van der Waals surface area contributed by atoms with Crippen molar-refractivity contribution in [3.63, 3.8) is 0 Å². The third-order valence-corrected chi connectivity index (χ3v) is 6.01. The molecule has 148 valence electrons. The normalized spacial score (nSPS) is 22.3. The number of urea groups is 1. The summed E-state index contributed by atoms with van der Waals surface area (Å²) >= 11 is 0. The van der Waals surface area contributed by atoms with E-state index in [0.29, 0.717) is 38.9 Å². The number of fused-ring (bicyclic) bond motifs is 2. The van der Waals surface area contributed by atoms with Gasteiger partial charge in [0.1, 0.15) is 6.04 Å². The molecule has 0 saturated carbocycles. The van der Waals surface area contributed by atoms with E-state index in [1.165, 1.54) is 4.90 Å². The van der Waals surface area contributed by atoms with Gasteiger partial charge in [0, 0.05) is 50.9 Å². The van der Waals surface area contributed by atoms with Crippen molar-refractivity contribution in [3.8, 4) is 0 Å². The number of carbonyl (C=O) groups excluding carboxylic acids is 4. The number of carboxylic acids is 1. The first kappa shape index (κ1) is 18.5. The number of rotatable bonds is 4. The molecule has 0 aromatic heterocycles. The van der Waals surface area contributed by atoms with Crippen LogP contribution in [0.25, 0.3) is 0 Å². The molecule has 1 aromatic carbocycles. The van der Waals surface area contributed by atoms with Crippen molar-refractivity contribution in [1.29, 1.82) is 0 Å². The minimum atomic E-state index is -1.07. The van der Waals surface area contributed by atoms with Gasteiger partial charge in [0.2, 0.25) is 5.91 Å². The van der Waals surface area contributed by atoms with Crippen molar-refractivity contribution in [2.45, 2.75) is 38.3 Å². The van der Waals surface area contributed by atoms with Gasteiger partial charge in [0.05, 0.1) is 0 Å². The second-order valence-corrected chi connectivity index (χ2v) is 7.61. The zero-order valence-corrected chi connectivity index (χ0v) is 15.5. The van der Waals surface area contributed by atoms with Crippen LogP contribution in [0.4, 0.5) is 4.79 Å². The number of amides is 4. The highest BCUT2D eigenvalue weighted by Gasteiger charge is 2.47. The number of nitrogens with zero attached hydrogens (tertiary/aromatic N) is 3. The third kappa shape index (κ3) is 3.23. The van der Waals surface area contributed by atoms with Crippen LogP contribution < -0.4 is 5.11 Å². The van der Waals surface area contributed by atoms with Crippen LogP contribution >= 0.6 is 0 Å². The van der Waals surface area contributed by atoms with Crippen molar-refractivity contribution >= 4 is 23.8 Å². The number of carbonyl (C=O) groups is 4. The van der Waals surface area contributed by atoms with E-state index in [4.69, 9.17) is 0 Å². The summed E-state index contributed by atoms with van der Waals surface area (Å²) in [7, 11) is 0. The molecule has 3 aliphatic rings. The van der Waals surface area contributed by atoms with E-state index in [-0.39, 0.29) is 30.8 Å². The van der Waals surface area contributed by atoms with Gasteiger partial charge in [-0.15, -0.1) is 0 Å². The third-order valence-electron chi connectivity index (χ3n) is 6.01. The molecule has 4 rings (SSSR count). The Labute approximate surface area is 162 Å². The average molecular weight is 384 g/mol. The van der Waals surface area contributed by atoms with Crippen LogP contribution in [0.15, 0.2) is 24.3 Å². The van der Waals surface area contributed by atoms with E-state index >= 15 is 0 Å². The topological polar surface area (TPSA) is 101 Å². The fourth-order valence-electron chi connectivity index (χ4n) is 4.31. The maximum atomic E-state index is 12.7. The molecule has 0 unspecified atom stereocenters. The van der Waals surface area contributed by atoms with Gasteiger partial charge in [-0.1, -0.05) is 24.3 Å². The van der Waals surface area contributed by atoms with Crippen LogP contribution in [-0.4, -0.2) is 64.2 Å². The Morgan fingerprint density at radius 2 is 1.75 bits per heavy atom. The first-order valence-corrected chi connectivity index (χ1v) is 9.63. The highest BCUT2D eigenvalue weighted by Crippen LogP contribution is 2.30. The Morgan fingerprint density at radius 3 is 2.43 bits per heavy atom. The van der Waals surface area contributed by atoms with Crippen LogP contribution in [0.1, 0.15) is 30.4 Å². The van der Waals surface area contributed by atoms with Gasteiger partial charge < -0.3 is 19.7 Å². The molecule has 4 amide bonds. The first-order valence-electron chi connectivity index (χ1n) is 9.63. The molecular formula is C20H22N3O5-. The van der Waals surface area contributed by atoms with Crippen molar-refractivity contribution in [3.05, 3.63) is 35.4 Å². The Bertz CT molecular complexity index is 788. The molecule has 28 heavy (non-hydrogen) atoms. The molecule has 8 nitrogen and oxygen atoms in total. The average Bonchev–Trinajstić information content (AvgIpc) is 2.94. The smallest absolute Gasteiger partial charge is 0.327 e. The molecule has 1 atom stereocenters. The number of carboxylic acid groups (broad SMARTS) is 1. The van der Waals surface area contributed by atoms with Crippen molar-refractivity contribution in [2.75, 3.05) is 19.6 Å². The van der Waals surface area contributed by atoms with Gasteiger partial charge in [-0.05, 0) is 24.0 Å². The summed E-state index contributed by atoms with van der Waals surface area (Å²) in [4.78, 5) is 53.2. The van der Waals surface area contributed by atoms with Gasteiger partial charge >= 0.3 is 6.03 Å².